The molecular formula is C34H40Cl4O4. The van der Waals surface area contributed by atoms with Gasteiger partial charge in [0.15, 0.2) is 0 Å². The standard InChI is InChI=1S/C10H13ClO.C9H11ClO.C8H9ClO.C7H7ClO/c1-2-3-5-8-6-4-7-9(12)10(8)11;1-2-4-7-5-3-6-8(11)9(7)10;1-2-6-4-3-5-7(10)8(6)9;1-5-3-2-4-6(9)7(5)8/h4,6-7,12H,2-3,5H2,1H3;3,5-6,11H,2,4H2,1H3;3-5,10H,2H2,1H3;2-4,9H,1H3. The molecule has 0 saturated heterocycles. The normalized spacial score (nSPS) is 9.90. The Balaban J connectivity index is 0.000000281. The molecule has 4 rings (SSSR count). The van der Waals surface area contributed by atoms with Crippen molar-refractivity contribution < 1.29 is 20.4 Å². The molecule has 4 nitrogen and oxygen atoms in total. The van der Waals surface area contributed by atoms with Gasteiger partial charge in [0.2, 0.25) is 0 Å². The summed E-state index contributed by atoms with van der Waals surface area (Å²) in [4.78, 5) is 0. The second-order valence-electron chi connectivity index (χ2n) is 9.37. The van der Waals surface area contributed by atoms with Gasteiger partial charge in [0.1, 0.15) is 23.0 Å². The molecule has 0 heterocycles. The van der Waals surface area contributed by atoms with E-state index in [9.17, 15) is 10.2 Å². The van der Waals surface area contributed by atoms with Crippen LogP contribution in [0.25, 0.3) is 0 Å². The van der Waals surface area contributed by atoms with Gasteiger partial charge < -0.3 is 20.4 Å². The van der Waals surface area contributed by atoms with E-state index in [0.717, 1.165) is 60.8 Å². The number of aryl methyl sites for hydroxylation is 4. The van der Waals surface area contributed by atoms with E-state index in [1.165, 1.54) is 0 Å². The average molecular weight is 655 g/mol. The lowest BCUT2D eigenvalue weighted by Crippen LogP contribution is -1.85. The molecule has 0 aliphatic carbocycles. The zero-order chi connectivity index (χ0) is 31.7. The summed E-state index contributed by atoms with van der Waals surface area (Å²) >= 11 is 23.1. The molecule has 0 aliphatic heterocycles. The maximum atomic E-state index is 9.27. The Hall–Kier alpha value is -2.76. The highest BCUT2D eigenvalue weighted by Crippen LogP contribution is 2.29. The van der Waals surface area contributed by atoms with Gasteiger partial charge in [-0.25, -0.2) is 0 Å². The second-order valence-corrected chi connectivity index (χ2v) is 10.9. The van der Waals surface area contributed by atoms with Crippen LogP contribution in [-0.2, 0) is 19.3 Å². The maximum absolute atomic E-state index is 9.27. The molecule has 0 aromatic heterocycles. The zero-order valence-electron chi connectivity index (χ0n) is 24.5. The minimum atomic E-state index is 0.150. The van der Waals surface area contributed by atoms with Crippen LogP contribution in [0, 0.1) is 6.92 Å². The van der Waals surface area contributed by atoms with E-state index < -0.39 is 0 Å². The lowest BCUT2D eigenvalue weighted by molar-refractivity contribution is 0.474. The molecule has 0 saturated carbocycles. The fraction of sp³-hybridized carbons (Fsp3) is 0.294. The summed E-state index contributed by atoms with van der Waals surface area (Å²) in [7, 11) is 0. The third-order valence-electron chi connectivity index (χ3n) is 6.05. The monoisotopic (exact) mass is 652 g/mol. The molecule has 0 aliphatic rings. The van der Waals surface area contributed by atoms with Gasteiger partial charge in [-0.15, -0.1) is 0 Å². The summed E-state index contributed by atoms with van der Waals surface area (Å²) < 4.78 is 0. The van der Waals surface area contributed by atoms with E-state index >= 15 is 0 Å². The molecule has 0 unspecified atom stereocenters. The fourth-order valence-electron chi connectivity index (χ4n) is 3.63. The molecule has 42 heavy (non-hydrogen) atoms. The maximum Gasteiger partial charge on any atom is 0.134 e. The molecule has 8 heteroatoms. The van der Waals surface area contributed by atoms with Gasteiger partial charge in [-0.1, -0.05) is 129 Å². The first-order valence-electron chi connectivity index (χ1n) is 13.8. The Kier molecular flexibility index (Phi) is 17.9. The molecule has 4 aromatic carbocycles. The van der Waals surface area contributed by atoms with Crippen molar-refractivity contribution in [1.29, 1.82) is 0 Å². The molecule has 0 radical (unpaired) electrons. The van der Waals surface area contributed by atoms with Crippen molar-refractivity contribution in [3.63, 3.8) is 0 Å². The van der Waals surface area contributed by atoms with Crippen LogP contribution in [0.15, 0.2) is 72.8 Å². The van der Waals surface area contributed by atoms with Crippen molar-refractivity contribution in [3.05, 3.63) is 115 Å². The summed E-state index contributed by atoms with van der Waals surface area (Å²) in [6.45, 7) is 8.07. The lowest BCUT2D eigenvalue weighted by atomic mass is 10.1. The van der Waals surface area contributed by atoms with Crippen LogP contribution < -0.4 is 0 Å². The van der Waals surface area contributed by atoms with Gasteiger partial charge in [0.25, 0.3) is 0 Å². The van der Waals surface area contributed by atoms with E-state index in [1.54, 1.807) is 36.4 Å². The Bertz CT molecular complexity index is 1360. The predicted molar refractivity (Wildman–Crippen MR) is 179 cm³/mol. The van der Waals surface area contributed by atoms with Crippen LogP contribution >= 0.6 is 46.4 Å². The number of phenols is 4. The average Bonchev–Trinajstić information content (AvgIpc) is 2.97. The highest BCUT2D eigenvalue weighted by Gasteiger charge is 2.04. The Labute approximate surface area is 270 Å². The second kappa shape index (κ2) is 20.2. The van der Waals surface area contributed by atoms with Crippen molar-refractivity contribution in [1.82, 2.24) is 0 Å². The van der Waals surface area contributed by atoms with Crippen LogP contribution in [0.3, 0.4) is 0 Å². The van der Waals surface area contributed by atoms with E-state index in [4.69, 9.17) is 56.6 Å². The van der Waals surface area contributed by atoms with Crippen molar-refractivity contribution in [2.75, 3.05) is 0 Å². The van der Waals surface area contributed by atoms with Crippen molar-refractivity contribution in [2.24, 2.45) is 0 Å². The van der Waals surface area contributed by atoms with Gasteiger partial charge in [-0.05, 0) is 79.1 Å². The number of phenolic OH excluding ortho intramolecular Hbond substituents is 4. The van der Waals surface area contributed by atoms with E-state index in [1.807, 2.05) is 50.2 Å². The SMILES string of the molecule is CCCCc1cccc(O)c1Cl.CCCc1cccc(O)c1Cl.CCc1cccc(O)c1Cl.Cc1cccc(O)c1Cl. The van der Waals surface area contributed by atoms with Crippen molar-refractivity contribution in [2.45, 2.75) is 66.2 Å². The number of rotatable bonds is 6. The van der Waals surface area contributed by atoms with Crippen LogP contribution in [0.5, 0.6) is 23.0 Å². The molecule has 4 N–H and O–H groups in total. The first-order valence-corrected chi connectivity index (χ1v) is 15.3. The van der Waals surface area contributed by atoms with Gasteiger partial charge in [0.05, 0.1) is 20.1 Å². The van der Waals surface area contributed by atoms with Gasteiger partial charge in [-0.3, -0.25) is 0 Å². The van der Waals surface area contributed by atoms with Crippen LogP contribution in [0.2, 0.25) is 20.1 Å². The zero-order valence-corrected chi connectivity index (χ0v) is 27.5. The summed E-state index contributed by atoms with van der Waals surface area (Å²) in [5, 5.41) is 38.4. The molecule has 0 bridgehead atoms. The molecular weight excluding hydrogens is 614 g/mol. The first kappa shape index (κ1) is 37.3. The third kappa shape index (κ3) is 12.6. The molecule has 0 atom stereocenters. The summed E-state index contributed by atoms with van der Waals surface area (Å²) in [6, 6.07) is 21.2. The van der Waals surface area contributed by atoms with Crippen molar-refractivity contribution >= 4 is 46.4 Å². The van der Waals surface area contributed by atoms with Gasteiger partial charge in [-0.2, -0.15) is 0 Å². The Morgan fingerprint density at radius 1 is 0.476 bits per heavy atom. The highest BCUT2D eigenvalue weighted by atomic mass is 35.5. The first-order chi connectivity index (χ1) is 20.0. The quantitative estimate of drug-likeness (QED) is 0.167. The summed E-state index contributed by atoms with van der Waals surface area (Å²) in [5.41, 5.74) is 3.95. The van der Waals surface area contributed by atoms with Crippen LogP contribution in [-0.4, -0.2) is 20.4 Å². The van der Waals surface area contributed by atoms with Crippen LogP contribution in [0.1, 0.15) is 62.3 Å². The number of halogens is 4. The van der Waals surface area contributed by atoms with Gasteiger partial charge >= 0.3 is 0 Å². The Morgan fingerprint density at radius 3 is 1.21 bits per heavy atom. The summed E-state index contributed by atoms with van der Waals surface area (Å²) in [6.07, 6.45) is 6.03. The topological polar surface area (TPSA) is 80.9 Å². The summed E-state index contributed by atoms with van der Waals surface area (Å²) in [5.74, 6) is 0.681. The largest absolute Gasteiger partial charge is 0.506 e. The third-order valence-corrected chi connectivity index (χ3v) is 7.85. The van der Waals surface area contributed by atoms with E-state index in [0.29, 0.717) is 20.1 Å². The van der Waals surface area contributed by atoms with Gasteiger partial charge in [0, 0.05) is 0 Å². The van der Waals surface area contributed by atoms with E-state index in [-0.39, 0.29) is 23.0 Å². The van der Waals surface area contributed by atoms with Crippen LogP contribution in [0.4, 0.5) is 0 Å². The molecule has 0 spiro atoms. The smallest absolute Gasteiger partial charge is 0.134 e. The minimum absolute atomic E-state index is 0.150. The number of hydrogen-bond acceptors (Lipinski definition) is 4. The molecule has 228 valence electrons. The number of aromatic hydroxyl groups is 4. The lowest BCUT2D eigenvalue weighted by Gasteiger charge is -2.03. The molecule has 0 fully saturated rings. The Morgan fingerprint density at radius 2 is 0.857 bits per heavy atom. The van der Waals surface area contributed by atoms with E-state index in [2.05, 4.69) is 13.8 Å². The van der Waals surface area contributed by atoms with Crippen molar-refractivity contribution in [3.8, 4) is 23.0 Å². The fourth-order valence-corrected chi connectivity index (χ4v) is 4.45. The number of benzene rings is 4. The predicted octanol–water partition coefficient (Wildman–Crippen LogP) is 11.3. The number of unbranched alkanes of at least 4 members (excludes halogenated alkanes) is 1. The highest BCUT2D eigenvalue weighted by molar-refractivity contribution is 6.33. The molecule has 4 aromatic rings. The minimum Gasteiger partial charge on any atom is -0.506 e. The molecule has 0 amide bonds. The number of hydrogen-bond donors (Lipinski definition) is 4.